The lowest BCUT2D eigenvalue weighted by molar-refractivity contribution is 0.0963. The molecule has 1 aromatic rings. The van der Waals surface area contributed by atoms with Gasteiger partial charge in [0.05, 0.1) is 6.54 Å². The average Bonchev–Trinajstić information content (AvgIpc) is 3.22. The second-order valence-corrected chi connectivity index (χ2v) is 4.62. The van der Waals surface area contributed by atoms with Gasteiger partial charge in [-0.25, -0.2) is 0 Å². The van der Waals surface area contributed by atoms with Gasteiger partial charge in [0.25, 0.3) is 5.91 Å². The highest BCUT2D eigenvalue weighted by molar-refractivity contribution is 5.93. The lowest BCUT2D eigenvalue weighted by Crippen LogP contribution is -2.25. The summed E-state index contributed by atoms with van der Waals surface area (Å²) in [7, 11) is 1.64. The van der Waals surface area contributed by atoms with Crippen LogP contribution >= 0.6 is 0 Å². The highest BCUT2D eigenvalue weighted by Crippen LogP contribution is 2.27. The molecule has 0 unspecified atom stereocenters. The number of hydrogen-bond donors (Lipinski definition) is 1. The van der Waals surface area contributed by atoms with Gasteiger partial charge >= 0.3 is 0 Å². The molecule has 0 saturated heterocycles. The second kappa shape index (κ2) is 5.70. The van der Waals surface area contributed by atoms with Crippen molar-refractivity contribution in [3.63, 3.8) is 0 Å². The Morgan fingerprint density at radius 1 is 1.44 bits per heavy atom. The number of rotatable bonds is 5. The van der Waals surface area contributed by atoms with Gasteiger partial charge in [0.2, 0.25) is 0 Å². The Kier molecular flexibility index (Phi) is 4.01. The molecule has 0 bridgehead atoms. The van der Waals surface area contributed by atoms with Crippen LogP contribution in [0.5, 0.6) is 0 Å². The number of benzene rings is 1. The van der Waals surface area contributed by atoms with Crippen molar-refractivity contribution < 1.29 is 4.79 Å². The lowest BCUT2D eigenvalue weighted by atomic mass is 10.1. The molecule has 1 aromatic carbocycles. The summed E-state index contributed by atoms with van der Waals surface area (Å²) in [5, 5.41) is 2.61. The zero-order valence-electron chi connectivity index (χ0n) is 10.6. The van der Waals surface area contributed by atoms with Gasteiger partial charge < -0.3 is 5.32 Å². The van der Waals surface area contributed by atoms with Crippen LogP contribution in [-0.2, 0) is 6.54 Å². The van der Waals surface area contributed by atoms with E-state index in [2.05, 4.69) is 16.1 Å². The molecule has 1 fully saturated rings. The van der Waals surface area contributed by atoms with Gasteiger partial charge in [0.1, 0.15) is 0 Å². The molecule has 0 aliphatic heterocycles. The molecule has 1 saturated carbocycles. The predicted molar refractivity (Wildman–Crippen MR) is 72.1 cm³/mol. The zero-order valence-corrected chi connectivity index (χ0v) is 10.6. The molecule has 0 atom stereocenters. The Morgan fingerprint density at radius 3 is 2.61 bits per heavy atom. The summed E-state index contributed by atoms with van der Waals surface area (Å²) in [5.41, 5.74) is 1.89. The minimum Gasteiger partial charge on any atom is -0.355 e. The third-order valence-corrected chi connectivity index (χ3v) is 3.19. The van der Waals surface area contributed by atoms with Gasteiger partial charge in [0, 0.05) is 25.2 Å². The maximum atomic E-state index is 11.4. The van der Waals surface area contributed by atoms with Crippen LogP contribution in [0.15, 0.2) is 24.3 Å². The van der Waals surface area contributed by atoms with E-state index in [1.54, 1.807) is 7.05 Å². The van der Waals surface area contributed by atoms with Crippen molar-refractivity contribution >= 4 is 5.91 Å². The fraction of sp³-hybridized carbons (Fsp3) is 0.400. The van der Waals surface area contributed by atoms with Crippen molar-refractivity contribution in [3.8, 4) is 12.3 Å². The van der Waals surface area contributed by atoms with Gasteiger partial charge in [-0.1, -0.05) is 18.1 Å². The molecule has 2 rings (SSSR count). The first-order valence-corrected chi connectivity index (χ1v) is 6.23. The highest BCUT2D eigenvalue weighted by atomic mass is 16.1. The number of carbonyl (C=O) groups is 1. The standard InChI is InChI=1S/C15H18N2O/c1-3-10-17(14-8-9-14)11-12-4-6-13(7-5-12)15(18)16-2/h1,4-7,14H,8-11H2,2H3,(H,16,18). The van der Waals surface area contributed by atoms with E-state index in [0.717, 1.165) is 6.54 Å². The van der Waals surface area contributed by atoms with E-state index in [1.807, 2.05) is 24.3 Å². The predicted octanol–water partition coefficient (Wildman–Crippen LogP) is 1.64. The quantitative estimate of drug-likeness (QED) is 0.796. The summed E-state index contributed by atoms with van der Waals surface area (Å²) in [5.74, 6) is 2.66. The van der Waals surface area contributed by atoms with Crippen LogP contribution in [0.25, 0.3) is 0 Å². The van der Waals surface area contributed by atoms with Gasteiger partial charge in [0.15, 0.2) is 0 Å². The summed E-state index contributed by atoms with van der Waals surface area (Å²) in [6.45, 7) is 1.56. The minimum absolute atomic E-state index is 0.0516. The zero-order chi connectivity index (χ0) is 13.0. The molecule has 1 amide bonds. The Balaban J connectivity index is 2.00. The van der Waals surface area contributed by atoms with Gasteiger partial charge in [-0.05, 0) is 30.5 Å². The number of nitrogens with one attached hydrogen (secondary N) is 1. The van der Waals surface area contributed by atoms with Gasteiger partial charge in [-0.2, -0.15) is 0 Å². The molecule has 0 aromatic heterocycles. The van der Waals surface area contributed by atoms with Crippen LogP contribution in [0.3, 0.4) is 0 Å². The normalized spacial score (nSPS) is 14.3. The smallest absolute Gasteiger partial charge is 0.251 e. The van der Waals surface area contributed by atoms with E-state index in [9.17, 15) is 4.79 Å². The van der Waals surface area contributed by atoms with E-state index >= 15 is 0 Å². The minimum atomic E-state index is -0.0516. The molecule has 1 aliphatic carbocycles. The first kappa shape index (κ1) is 12.7. The van der Waals surface area contributed by atoms with Crippen LogP contribution in [-0.4, -0.2) is 30.4 Å². The summed E-state index contributed by atoms with van der Waals surface area (Å²) in [6, 6.07) is 8.36. The van der Waals surface area contributed by atoms with Gasteiger partial charge in [-0.15, -0.1) is 6.42 Å². The molecule has 0 heterocycles. The molecule has 1 aliphatic rings. The largest absolute Gasteiger partial charge is 0.355 e. The topological polar surface area (TPSA) is 32.3 Å². The van der Waals surface area contributed by atoms with E-state index < -0.39 is 0 Å². The Morgan fingerprint density at radius 2 is 2.11 bits per heavy atom. The third-order valence-electron chi connectivity index (χ3n) is 3.19. The van der Waals surface area contributed by atoms with Crippen molar-refractivity contribution in [1.29, 1.82) is 0 Å². The number of nitrogens with zero attached hydrogens (tertiary/aromatic N) is 1. The maximum Gasteiger partial charge on any atom is 0.251 e. The molecule has 3 heteroatoms. The first-order valence-electron chi connectivity index (χ1n) is 6.23. The fourth-order valence-corrected chi connectivity index (χ4v) is 2.01. The van der Waals surface area contributed by atoms with Crippen LogP contribution in [0.4, 0.5) is 0 Å². The summed E-state index contributed by atoms with van der Waals surface area (Å²) in [6.07, 6.45) is 7.88. The molecule has 0 spiro atoms. The molecular formula is C15H18N2O. The summed E-state index contributed by atoms with van der Waals surface area (Å²) >= 11 is 0. The fourth-order valence-electron chi connectivity index (χ4n) is 2.01. The lowest BCUT2D eigenvalue weighted by Gasteiger charge is -2.19. The van der Waals surface area contributed by atoms with E-state index in [1.165, 1.54) is 18.4 Å². The highest BCUT2D eigenvalue weighted by Gasteiger charge is 2.28. The van der Waals surface area contributed by atoms with Crippen LogP contribution in [0, 0.1) is 12.3 Å². The molecule has 94 valence electrons. The van der Waals surface area contributed by atoms with Crippen LogP contribution in [0.1, 0.15) is 28.8 Å². The maximum absolute atomic E-state index is 11.4. The second-order valence-electron chi connectivity index (χ2n) is 4.62. The Bertz CT molecular complexity index is 454. The number of terminal acetylenes is 1. The van der Waals surface area contributed by atoms with E-state index in [0.29, 0.717) is 18.2 Å². The number of amides is 1. The molecule has 1 N–H and O–H groups in total. The van der Waals surface area contributed by atoms with E-state index in [-0.39, 0.29) is 5.91 Å². The van der Waals surface area contributed by atoms with Crippen molar-refractivity contribution in [2.75, 3.05) is 13.6 Å². The van der Waals surface area contributed by atoms with Crippen molar-refractivity contribution in [1.82, 2.24) is 10.2 Å². The molecular weight excluding hydrogens is 224 g/mol. The Hall–Kier alpha value is -1.79. The van der Waals surface area contributed by atoms with Crippen LogP contribution < -0.4 is 5.32 Å². The molecule has 18 heavy (non-hydrogen) atoms. The summed E-state index contributed by atoms with van der Waals surface area (Å²) in [4.78, 5) is 13.7. The monoisotopic (exact) mass is 242 g/mol. The first-order chi connectivity index (χ1) is 8.74. The third kappa shape index (κ3) is 3.12. The molecule has 3 nitrogen and oxygen atoms in total. The number of carbonyl (C=O) groups excluding carboxylic acids is 1. The van der Waals surface area contributed by atoms with Gasteiger partial charge in [-0.3, -0.25) is 9.69 Å². The average molecular weight is 242 g/mol. The van der Waals surface area contributed by atoms with Crippen LogP contribution in [0.2, 0.25) is 0 Å². The Labute approximate surface area is 108 Å². The SMILES string of the molecule is C#CCN(Cc1ccc(C(=O)NC)cc1)C1CC1. The molecule has 0 radical (unpaired) electrons. The van der Waals surface area contributed by atoms with Crippen molar-refractivity contribution in [2.24, 2.45) is 0 Å². The van der Waals surface area contributed by atoms with E-state index in [4.69, 9.17) is 6.42 Å². The summed E-state index contributed by atoms with van der Waals surface area (Å²) < 4.78 is 0. The number of hydrogen-bond acceptors (Lipinski definition) is 2. The van der Waals surface area contributed by atoms with Crippen molar-refractivity contribution in [3.05, 3.63) is 35.4 Å². The van der Waals surface area contributed by atoms with Crippen molar-refractivity contribution in [2.45, 2.75) is 25.4 Å².